The van der Waals surface area contributed by atoms with Crippen molar-refractivity contribution in [3.8, 4) is 0 Å². The van der Waals surface area contributed by atoms with Crippen molar-refractivity contribution in [1.29, 1.82) is 0 Å². The van der Waals surface area contributed by atoms with Crippen molar-refractivity contribution in [2.75, 3.05) is 13.2 Å². The molecule has 0 fully saturated rings. The van der Waals surface area contributed by atoms with Gasteiger partial charge in [-0.2, -0.15) is 30.7 Å². The van der Waals surface area contributed by atoms with Crippen LogP contribution in [0.1, 0.15) is 40.5 Å². The van der Waals surface area contributed by atoms with Gasteiger partial charge in [-0.15, -0.1) is 0 Å². The van der Waals surface area contributed by atoms with E-state index in [1.54, 1.807) is 0 Å². The second kappa shape index (κ2) is 9.44. The molecule has 0 radical (unpaired) electrons. The smallest absolute Gasteiger partial charge is 0.468 e. The van der Waals surface area contributed by atoms with Gasteiger partial charge in [0.2, 0.25) is 0 Å². The first-order valence-corrected chi connectivity index (χ1v) is 9.86. The van der Waals surface area contributed by atoms with Crippen LogP contribution in [-0.4, -0.2) is 61.3 Å². The third kappa shape index (κ3) is 6.19. The third-order valence-corrected chi connectivity index (χ3v) is 4.98. The molecule has 0 aliphatic heterocycles. The zero-order valence-corrected chi connectivity index (χ0v) is 17.5. The number of ether oxygens (including phenoxy) is 3. The quantitative estimate of drug-likeness (QED) is 0.187. The lowest BCUT2D eigenvalue weighted by Crippen LogP contribution is -2.59. The maximum Gasteiger partial charge on any atom is 0.468 e. The maximum absolute atomic E-state index is 13.7. The summed E-state index contributed by atoms with van der Waals surface area (Å²) in [6, 6.07) is 0. The van der Waals surface area contributed by atoms with E-state index < -0.39 is 70.2 Å². The molecule has 0 saturated carbocycles. The van der Waals surface area contributed by atoms with Gasteiger partial charge in [-0.25, -0.2) is 13.2 Å². The van der Waals surface area contributed by atoms with Gasteiger partial charge in [0.25, 0.3) is 0 Å². The summed E-state index contributed by atoms with van der Waals surface area (Å²) < 4.78 is 138. The molecule has 0 aliphatic carbocycles. The molecule has 8 nitrogen and oxygen atoms in total. The fraction of sp³-hybridized carbons (Fsp3) is 0.867. The van der Waals surface area contributed by atoms with Crippen LogP contribution in [0.25, 0.3) is 0 Å². The number of hydrogen-bond donors (Lipinski definition) is 0. The highest BCUT2D eigenvalue weighted by Gasteiger charge is 2.69. The second-order valence-electron chi connectivity index (χ2n) is 6.74. The molecule has 0 saturated heterocycles. The summed E-state index contributed by atoms with van der Waals surface area (Å²) in [5.41, 5.74) is -1.63. The topological polar surface area (TPSA) is 119 Å². The van der Waals surface area contributed by atoms with Crippen LogP contribution in [0.4, 0.5) is 30.7 Å². The lowest BCUT2D eigenvalue weighted by atomic mass is 9.90. The van der Waals surface area contributed by atoms with E-state index in [1.807, 2.05) is 0 Å². The largest absolute Gasteiger partial charge is 0.743 e. The Balaban J connectivity index is 6.08. The molecule has 0 N–H and O–H groups in total. The van der Waals surface area contributed by atoms with E-state index in [0.29, 0.717) is 0 Å². The number of esters is 2. The molecule has 0 aromatic rings. The first-order chi connectivity index (χ1) is 13.6. The Labute approximate surface area is 172 Å². The summed E-state index contributed by atoms with van der Waals surface area (Å²) in [7, 11) is -6.91. The molecule has 1 atom stereocenters. The van der Waals surface area contributed by atoms with Crippen LogP contribution < -0.4 is 0 Å². The molecule has 0 aromatic carbocycles. The number of alkyl halides is 7. The van der Waals surface area contributed by atoms with Crippen LogP contribution in [0.3, 0.4) is 0 Å². The molecular weight excluding hydrogens is 473 g/mol. The molecule has 0 spiro atoms. The van der Waals surface area contributed by atoms with Crippen molar-refractivity contribution >= 4 is 22.1 Å². The van der Waals surface area contributed by atoms with Crippen LogP contribution in [0, 0.1) is 5.41 Å². The highest BCUT2D eigenvalue weighted by Crippen LogP contribution is 2.43. The van der Waals surface area contributed by atoms with Crippen LogP contribution in [0.5, 0.6) is 0 Å². The Bertz CT molecular complexity index is 764. The predicted octanol–water partition coefficient (Wildman–Crippen LogP) is 2.97. The molecule has 0 aliphatic rings. The van der Waals surface area contributed by atoms with Gasteiger partial charge >= 0.3 is 35.1 Å². The Morgan fingerprint density at radius 2 is 1.42 bits per heavy atom. The average Bonchev–Trinajstić information content (AvgIpc) is 2.58. The summed E-state index contributed by atoms with van der Waals surface area (Å²) in [5, 5.41) is -6.20. The molecule has 0 bridgehead atoms. The first-order valence-electron chi connectivity index (χ1n) is 8.45. The second-order valence-corrected chi connectivity index (χ2v) is 8.16. The van der Waals surface area contributed by atoms with E-state index in [0.717, 1.165) is 20.8 Å². The highest BCUT2D eigenvalue weighted by atomic mass is 32.2. The Hall–Kier alpha value is -1.68. The fourth-order valence-electron chi connectivity index (χ4n) is 1.68. The zero-order chi connectivity index (χ0) is 25.1. The number of hydrogen-bond acceptors (Lipinski definition) is 8. The molecule has 0 rings (SSSR count). The van der Waals surface area contributed by atoms with Gasteiger partial charge in [0.15, 0.2) is 10.1 Å². The van der Waals surface area contributed by atoms with E-state index in [4.69, 9.17) is 0 Å². The van der Waals surface area contributed by atoms with Crippen molar-refractivity contribution in [2.24, 2.45) is 5.41 Å². The molecule has 31 heavy (non-hydrogen) atoms. The van der Waals surface area contributed by atoms with E-state index in [9.17, 15) is 53.3 Å². The van der Waals surface area contributed by atoms with Crippen LogP contribution in [0.2, 0.25) is 0 Å². The van der Waals surface area contributed by atoms with Gasteiger partial charge in [0.1, 0.15) is 0 Å². The standard InChI is InChI=1S/C15H21F7O8S/c1-5-11(3,4)9(23)30-13(14(18,19)20,10(24)28-6-2)29-8-7-12(16,17)15(21,22)31(25,26)27/h5-8H2,1-4H3,(H,25,26,27)/p-1. The fourth-order valence-corrected chi connectivity index (χ4v) is 2.14. The zero-order valence-electron chi connectivity index (χ0n) is 16.6. The van der Waals surface area contributed by atoms with Gasteiger partial charge in [-0.3, -0.25) is 4.79 Å². The molecule has 0 amide bonds. The van der Waals surface area contributed by atoms with Gasteiger partial charge in [-0.1, -0.05) is 6.92 Å². The lowest BCUT2D eigenvalue weighted by Gasteiger charge is -2.35. The maximum atomic E-state index is 13.7. The Morgan fingerprint density at radius 3 is 1.77 bits per heavy atom. The van der Waals surface area contributed by atoms with Crippen molar-refractivity contribution in [2.45, 2.75) is 63.7 Å². The predicted molar refractivity (Wildman–Crippen MR) is 85.7 cm³/mol. The third-order valence-electron chi connectivity index (χ3n) is 4.05. The monoisotopic (exact) mass is 493 g/mol. The molecule has 184 valence electrons. The van der Waals surface area contributed by atoms with Crippen molar-refractivity contribution in [1.82, 2.24) is 0 Å². The van der Waals surface area contributed by atoms with Gasteiger partial charge < -0.3 is 18.8 Å². The van der Waals surface area contributed by atoms with Crippen LogP contribution >= 0.6 is 0 Å². The summed E-state index contributed by atoms with van der Waals surface area (Å²) >= 11 is 0. The molecule has 0 aromatic heterocycles. The number of halogens is 7. The van der Waals surface area contributed by atoms with Gasteiger partial charge in [0.05, 0.1) is 18.6 Å². The van der Waals surface area contributed by atoms with Crippen LogP contribution in [-0.2, 0) is 33.9 Å². The van der Waals surface area contributed by atoms with Gasteiger partial charge in [0, 0.05) is 6.42 Å². The lowest BCUT2D eigenvalue weighted by molar-refractivity contribution is -0.360. The molecule has 0 heterocycles. The summed E-state index contributed by atoms with van der Waals surface area (Å²) in [5.74, 6) is -14.4. The van der Waals surface area contributed by atoms with Crippen molar-refractivity contribution in [3.05, 3.63) is 0 Å². The SMILES string of the molecule is CCOC(=O)C(OCCC(F)(F)C(F)(F)S(=O)(=O)[O-])(OC(=O)C(C)(C)CC)C(F)(F)F. The minimum Gasteiger partial charge on any atom is -0.743 e. The van der Waals surface area contributed by atoms with Crippen LogP contribution in [0.15, 0.2) is 0 Å². The minimum atomic E-state index is -6.91. The highest BCUT2D eigenvalue weighted by molar-refractivity contribution is 7.86. The molecular formula is C15H20F7O8S-. The number of carbonyl (C=O) groups excluding carboxylic acids is 2. The summed E-state index contributed by atoms with van der Waals surface area (Å²) in [4.78, 5) is 24.1. The number of carbonyl (C=O) groups is 2. The average molecular weight is 493 g/mol. The van der Waals surface area contributed by atoms with Crippen molar-refractivity contribution in [3.63, 3.8) is 0 Å². The molecule has 1 unspecified atom stereocenters. The molecule has 16 heteroatoms. The van der Waals surface area contributed by atoms with E-state index in [-0.39, 0.29) is 6.42 Å². The summed E-state index contributed by atoms with van der Waals surface area (Å²) in [6.07, 6.45) is -8.50. The Morgan fingerprint density at radius 1 is 0.935 bits per heavy atom. The normalized spacial score (nSPS) is 15.9. The number of rotatable bonds is 11. The van der Waals surface area contributed by atoms with E-state index >= 15 is 0 Å². The first kappa shape index (κ1) is 29.3. The van der Waals surface area contributed by atoms with E-state index in [2.05, 4.69) is 14.2 Å². The van der Waals surface area contributed by atoms with Crippen molar-refractivity contribution < 1.29 is 67.5 Å². The summed E-state index contributed by atoms with van der Waals surface area (Å²) in [6.45, 7) is 1.86. The van der Waals surface area contributed by atoms with Gasteiger partial charge in [-0.05, 0) is 27.2 Å². The van der Waals surface area contributed by atoms with E-state index in [1.165, 1.54) is 6.92 Å². The minimum absolute atomic E-state index is 0.103. The Kier molecular flexibility index (Phi) is 8.93.